The number of hydrogen-bond donors (Lipinski definition) is 0. The topological polar surface area (TPSA) is 24.7 Å². The molecule has 0 N–H and O–H groups in total. The zero-order valence-electron chi connectivity index (χ0n) is 38.5. The first-order chi connectivity index (χ1) is 27.6. The van der Waals surface area contributed by atoms with Gasteiger partial charge in [-0.3, -0.25) is 9.98 Å². The number of aryl methyl sites for hydroxylation is 4. The Labute approximate surface area is 369 Å². The van der Waals surface area contributed by atoms with Crippen molar-refractivity contribution in [3.63, 3.8) is 0 Å². The molecule has 2 rings (SSSR count). The maximum Gasteiger partial charge on any atom is 0.0639 e. The van der Waals surface area contributed by atoms with Crippen LogP contribution < -0.4 is 0 Å². The smallest absolute Gasteiger partial charge is 0.0639 e. The van der Waals surface area contributed by atoms with Crippen molar-refractivity contribution in [3.8, 4) is 0 Å². The minimum Gasteiger partial charge on any atom is -0.255 e. The molecule has 57 heavy (non-hydrogen) atoms. The van der Waals surface area contributed by atoms with Gasteiger partial charge in [0.1, 0.15) is 0 Å². The van der Waals surface area contributed by atoms with Crippen LogP contribution >= 0.6 is 0 Å². The maximum atomic E-state index is 5.35. The van der Waals surface area contributed by atoms with E-state index in [0.717, 1.165) is 49.2 Å². The molecule has 0 aromatic heterocycles. The standard InChI is InChI=1S/C54H92N2.Pd/c1-6-11-16-17-18-19-20-21-22-23-24-25-26-27-28-29-30-31-32-33-34-35-40-52(56-54-45-50(38-14-9-4)42-51(46-54)39-15-10-5)47-55-53-43-48(36-12-7-2)41-49(44-53)37-13-8-3;/h41-47H,6-40H2,1-5H3;. The maximum absolute atomic E-state index is 5.35. The largest absolute Gasteiger partial charge is 0.255 e. The quantitative estimate of drug-likeness (QED) is 0.0365. The van der Waals surface area contributed by atoms with Gasteiger partial charge >= 0.3 is 0 Å². The molecule has 0 spiro atoms. The zero-order chi connectivity index (χ0) is 40.2. The van der Waals surface area contributed by atoms with Gasteiger partial charge in [0, 0.05) is 26.6 Å². The van der Waals surface area contributed by atoms with Crippen LogP contribution in [0.3, 0.4) is 0 Å². The van der Waals surface area contributed by atoms with Crippen LogP contribution in [-0.4, -0.2) is 11.9 Å². The van der Waals surface area contributed by atoms with E-state index in [4.69, 9.17) is 9.98 Å². The minimum absolute atomic E-state index is 0. The third kappa shape index (κ3) is 29.3. The van der Waals surface area contributed by atoms with Crippen molar-refractivity contribution in [2.24, 2.45) is 9.98 Å². The Kier molecular flexibility index (Phi) is 36.2. The summed E-state index contributed by atoms with van der Waals surface area (Å²) in [6.45, 7) is 11.5. The van der Waals surface area contributed by atoms with Crippen LogP contribution in [-0.2, 0) is 46.1 Å². The molecule has 0 bridgehead atoms. The van der Waals surface area contributed by atoms with Crippen LogP contribution in [0.2, 0.25) is 0 Å². The Balaban J connectivity index is 0.0000162. The van der Waals surface area contributed by atoms with E-state index in [9.17, 15) is 0 Å². The molecule has 0 atom stereocenters. The van der Waals surface area contributed by atoms with Gasteiger partial charge < -0.3 is 0 Å². The molecule has 0 fully saturated rings. The number of hydrogen-bond acceptors (Lipinski definition) is 2. The molecule has 2 aromatic carbocycles. The Bertz CT molecular complexity index is 1210. The van der Waals surface area contributed by atoms with Crippen LogP contribution in [0.1, 0.15) is 256 Å². The number of nitrogens with zero attached hydrogens (tertiary/aromatic N) is 2. The summed E-state index contributed by atoms with van der Waals surface area (Å²) in [6, 6.07) is 14.2. The molecule has 0 radical (unpaired) electrons. The molecule has 2 aromatic rings. The first-order valence-corrected chi connectivity index (χ1v) is 25.0. The van der Waals surface area contributed by atoms with Crippen molar-refractivity contribution >= 4 is 23.3 Å². The van der Waals surface area contributed by atoms with Crippen molar-refractivity contribution in [3.05, 3.63) is 58.7 Å². The van der Waals surface area contributed by atoms with Crippen molar-refractivity contribution in [2.75, 3.05) is 0 Å². The Hall–Kier alpha value is -1.56. The molecule has 0 aliphatic carbocycles. The monoisotopic (exact) mass is 875 g/mol. The van der Waals surface area contributed by atoms with E-state index in [2.05, 4.69) is 77.2 Å². The molecule has 0 aliphatic rings. The SMILES string of the molecule is CCCCCCCCCCCCCCCCCCCCCCCCC(C=Nc1cc(CCCC)cc(CCCC)c1)=Nc1cc(CCCC)cc(CCCC)c1.[Pd]. The van der Waals surface area contributed by atoms with Gasteiger partial charge in [-0.2, -0.15) is 0 Å². The van der Waals surface area contributed by atoms with E-state index in [1.165, 1.54) is 215 Å². The third-order valence-electron chi connectivity index (χ3n) is 11.8. The summed E-state index contributed by atoms with van der Waals surface area (Å²) in [5.41, 5.74) is 9.15. The minimum atomic E-state index is 0. The molecule has 2 nitrogen and oxygen atoms in total. The fourth-order valence-corrected chi connectivity index (χ4v) is 8.11. The molecule has 3 heteroatoms. The molecule has 0 unspecified atom stereocenters. The van der Waals surface area contributed by atoms with Crippen LogP contribution in [0.4, 0.5) is 11.4 Å². The average Bonchev–Trinajstić information content (AvgIpc) is 3.21. The summed E-state index contributed by atoms with van der Waals surface area (Å²) in [5, 5.41) is 0. The van der Waals surface area contributed by atoms with Crippen molar-refractivity contribution in [2.45, 2.75) is 259 Å². The molecule has 0 aliphatic heterocycles. The number of rotatable bonds is 38. The molecule has 328 valence electrons. The van der Waals surface area contributed by atoms with Crippen molar-refractivity contribution < 1.29 is 20.4 Å². The first-order valence-electron chi connectivity index (χ1n) is 25.0. The molecular formula is C54H92N2Pd. The molecule has 0 heterocycles. The first kappa shape index (κ1) is 53.5. The fourth-order valence-electron chi connectivity index (χ4n) is 8.11. The van der Waals surface area contributed by atoms with Gasteiger partial charge in [-0.1, -0.05) is 207 Å². The summed E-state index contributed by atoms with van der Waals surface area (Å²) in [4.78, 5) is 10.5. The predicted molar refractivity (Wildman–Crippen MR) is 254 cm³/mol. The van der Waals surface area contributed by atoms with Crippen LogP contribution in [0.15, 0.2) is 46.4 Å². The summed E-state index contributed by atoms with van der Waals surface area (Å²) >= 11 is 0. The molecule has 0 saturated carbocycles. The fraction of sp³-hybridized carbons (Fsp3) is 0.741. The van der Waals surface area contributed by atoms with E-state index < -0.39 is 0 Å². The van der Waals surface area contributed by atoms with Gasteiger partial charge in [-0.15, -0.1) is 0 Å². The van der Waals surface area contributed by atoms with Gasteiger partial charge in [-0.25, -0.2) is 0 Å². The number of aliphatic imine (C=N–C) groups is 2. The molecular weight excluding hydrogens is 783 g/mol. The average molecular weight is 876 g/mol. The Morgan fingerprint density at radius 1 is 0.351 bits per heavy atom. The third-order valence-corrected chi connectivity index (χ3v) is 11.8. The summed E-state index contributed by atoms with van der Waals surface area (Å²) in [5.74, 6) is 0. The van der Waals surface area contributed by atoms with Crippen LogP contribution in [0, 0.1) is 0 Å². The normalized spacial score (nSPS) is 11.8. The number of benzene rings is 2. The van der Waals surface area contributed by atoms with Gasteiger partial charge in [-0.05, 0) is 111 Å². The van der Waals surface area contributed by atoms with E-state index in [0.29, 0.717) is 0 Å². The van der Waals surface area contributed by atoms with Gasteiger partial charge in [0.15, 0.2) is 0 Å². The zero-order valence-corrected chi connectivity index (χ0v) is 40.1. The predicted octanol–water partition coefficient (Wildman–Crippen LogP) is 18.5. The summed E-state index contributed by atoms with van der Waals surface area (Å²) < 4.78 is 0. The van der Waals surface area contributed by atoms with Gasteiger partial charge in [0.05, 0.1) is 17.1 Å². The Morgan fingerprint density at radius 2 is 0.632 bits per heavy atom. The van der Waals surface area contributed by atoms with Gasteiger partial charge in [0.25, 0.3) is 0 Å². The Morgan fingerprint density at radius 3 is 0.947 bits per heavy atom. The van der Waals surface area contributed by atoms with Gasteiger partial charge in [0.2, 0.25) is 0 Å². The van der Waals surface area contributed by atoms with E-state index in [1.807, 2.05) is 0 Å². The molecule has 0 saturated heterocycles. The van der Waals surface area contributed by atoms with E-state index in [-0.39, 0.29) is 20.4 Å². The second-order valence-corrected chi connectivity index (χ2v) is 17.5. The van der Waals surface area contributed by atoms with Crippen molar-refractivity contribution in [1.82, 2.24) is 0 Å². The van der Waals surface area contributed by atoms with E-state index >= 15 is 0 Å². The summed E-state index contributed by atoms with van der Waals surface area (Å²) in [6.07, 6.45) is 48.8. The van der Waals surface area contributed by atoms with Crippen LogP contribution in [0.5, 0.6) is 0 Å². The van der Waals surface area contributed by atoms with E-state index in [1.54, 1.807) is 0 Å². The number of unbranched alkanes of at least 4 members (excludes halogenated alkanes) is 25. The summed E-state index contributed by atoms with van der Waals surface area (Å²) in [7, 11) is 0. The second-order valence-electron chi connectivity index (χ2n) is 17.5. The molecule has 0 amide bonds. The second kappa shape index (κ2) is 38.6. The van der Waals surface area contributed by atoms with Crippen LogP contribution in [0.25, 0.3) is 0 Å². The van der Waals surface area contributed by atoms with Crippen molar-refractivity contribution in [1.29, 1.82) is 0 Å².